The third-order valence-corrected chi connectivity index (χ3v) is 1.40. The molecule has 0 saturated heterocycles. The van der Waals surface area contributed by atoms with Crippen LogP contribution in [0, 0.1) is 0 Å². The number of aliphatic hydroxyl groups is 1. The topological polar surface area (TPSA) is 35.5 Å². The van der Waals surface area contributed by atoms with Crippen LogP contribution in [0.3, 0.4) is 0 Å². The molecule has 2 N–H and O–H groups in total. The highest BCUT2D eigenvalue weighted by Gasteiger charge is 1.93. The van der Waals surface area contributed by atoms with E-state index in [1.807, 2.05) is 7.05 Å². The Morgan fingerprint density at radius 2 is 2.10 bits per heavy atom. The summed E-state index contributed by atoms with van der Waals surface area (Å²) in [6, 6.07) is 0. The lowest BCUT2D eigenvalue weighted by Crippen LogP contribution is -2.30. The Bertz CT molecular complexity index is 68.6. The molecule has 0 amide bonds. The van der Waals surface area contributed by atoms with Gasteiger partial charge >= 0.3 is 0 Å². The first-order chi connectivity index (χ1) is 4.81. The van der Waals surface area contributed by atoms with E-state index in [1.165, 1.54) is 0 Å². The van der Waals surface area contributed by atoms with Crippen molar-refractivity contribution in [3.63, 3.8) is 0 Å². The van der Waals surface area contributed by atoms with Gasteiger partial charge in [0.1, 0.15) is 0 Å². The van der Waals surface area contributed by atoms with E-state index in [0.29, 0.717) is 0 Å². The maximum absolute atomic E-state index is 8.53. The summed E-state index contributed by atoms with van der Waals surface area (Å²) in [5.41, 5.74) is 0. The van der Waals surface area contributed by atoms with Crippen molar-refractivity contribution in [2.45, 2.75) is 6.92 Å². The molecule has 3 nitrogen and oxygen atoms in total. The summed E-state index contributed by atoms with van der Waals surface area (Å²) in [6.45, 7) is 6.15. The van der Waals surface area contributed by atoms with Gasteiger partial charge in [0.2, 0.25) is 0 Å². The fourth-order valence-corrected chi connectivity index (χ4v) is 0.729. The van der Waals surface area contributed by atoms with E-state index in [1.54, 1.807) is 0 Å². The van der Waals surface area contributed by atoms with Gasteiger partial charge in [-0.2, -0.15) is 0 Å². The average molecular weight is 146 g/mol. The predicted octanol–water partition coefficient (Wildman–Crippen LogP) is -0.480. The molecule has 0 atom stereocenters. The highest BCUT2D eigenvalue weighted by Crippen LogP contribution is 1.77. The minimum Gasteiger partial charge on any atom is -0.395 e. The molecule has 0 aliphatic heterocycles. The van der Waals surface area contributed by atoms with Gasteiger partial charge in [-0.3, -0.25) is 0 Å². The van der Waals surface area contributed by atoms with Crippen molar-refractivity contribution in [1.29, 1.82) is 0 Å². The smallest absolute Gasteiger partial charge is 0.0558 e. The second kappa shape index (κ2) is 6.99. The zero-order valence-electron chi connectivity index (χ0n) is 6.93. The van der Waals surface area contributed by atoms with E-state index in [4.69, 9.17) is 5.11 Å². The van der Waals surface area contributed by atoms with Crippen LogP contribution >= 0.6 is 0 Å². The van der Waals surface area contributed by atoms with E-state index in [0.717, 1.165) is 26.2 Å². The fourth-order valence-electron chi connectivity index (χ4n) is 0.729. The summed E-state index contributed by atoms with van der Waals surface area (Å²) >= 11 is 0. The van der Waals surface area contributed by atoms with Crippen molar-refractivity contribution in [1.82, 2.24) is 10.2 Å². The van der Waals surface area contributed by atoms with Crippen LogP contribution < -0.4 is 5.32 Å². The van der Waals surface area contributed by atoms with Gasteiger partial charge < -0.3 is 15.3 Å². The zero-order chi connectivity index (χ0) is 7.82. The number of hydrogen-bond acceptors (Lipinski definition) is 3. The fraction of sp³-hybridized carbons (Fsp3) is 1.00. The molecule has 0 spiro atoms. The van der Waals surface area contributed by atoms with Crippen LogP contribution in [0.4, 0.5) is 0 Å². The first-order valence-corrected chi connectivity index (χ1v) is 3.81. The Morgan fingerprint density at radius 3 is 2.60 bits per heavy atom. The van der Waals surface area contributed by atoms with E-state index in [2.05, 4.69) is 17.1 Å². The Labute approximate surface area is 63.0 Å². The van der Waals surface area contributed by atoms with Crippen LogP contribution in [0.5, 0.6) is 0 Å². The molecule has 0 saturated carbocycles. The quantitative estimate of drug-likeness (QED) is 0.497. The maximum atomic E-state index is 8.53. The first-order valence-electron chi connectivity index (χ1n) is 3.81. The van der Waals surface area contributed by atoms with Crippen molar-refractivity contribution >= 4 is 0 Å². The summed E-state index contributed by atoms with van der Waals surface area (Å²) in [5, 5.41) is 11.7. The Hall–Kier alpha value is -0.120. The summed E-state index contributed by atoms with van der Waals surface area (Å²) in [4.78, 5) is 2.10. The molecule has 0 bridgehead atoms. The lowest BCUT2D eigenvalue weighted by atomic mass is 10.5. The molecular weight excluding hydrogens is 128 g/mol. The normalized spacial score (nSPS) is 10.8. The second-order valence-electron chi connectivity index (χ2n) is 2.38. The Morgan fingerprint density at radius 1 is 1.40 bits per heavy atom. The van der Waals surface area contributed by atoms with Gasteiger partial charge in [0.15, 0.2) is 0 Å². The molecule has 0 heterocycles. The molecular formula is C7H18N2O. The van der Waals surface area contributed by atoms with Crippen molar-refractivity contribution in [3.8, 4) is 0 Å². The molecule has 0 radical (unpaired) electrons. The van der Waals surface area contributed by atoms with Gasteiger partial charge in [-0.05, 0) is 13.6 Å². The second-order valence-corrected chi connectivity index (χ2v) is 2.38. The molecule has 0 aromatic heterocycles. The molecule has 0 aromatic carbocycles. The van der Waals surface area contributed by atoms with Crippen LogP contribution in [0.2, 0.25) is 0 Å². The zero-order valence-corrected chi connectivity index (χ0v) is 6.93. The van der Waals surface area contributed by atoms with E-state index >= 15 is 0 Å². The predicted molar refractivity (Wildman–Crippen MR) is 43.1 cm³/mol. The van der Waals surface area contributed by atoms with Crippen LogP contribution in [0.15, 0.2) is 0 Å². The largest absolute Gasteiger partial charge is 0.395 e. The van der Waals surface area contributed by atoms with Gasteiger partial charge in [-0.15, -0.1) is 0 Å². The van der Waals surface area contributed by atoms with Crippen LogP contribution in [0.1, 0.15) is 6.92 Å². The number of nitrogens with one attached hydrogen (secondary N) is 1. The number of likely N-dealkylation sites (N-methyl/N-ethyl adjacent to an activating group) is 2. The minimum atomic E-state index is 0.253. The molecule has 0 aromatic rings. The highest BCUT2D eigenvalue weighted by atomic mass is 16.3. The van der Waals surface area contributed by atoms with Crippen molar-refractivity contribution in [2.24, 2.45) is 0 Å². The average Bonchev–Trinajstić information content (AvgIpc) is 1.89. The van der Waals surface area contributed by atoms with Crippen molar-refractivity contribution in [2.75, 3.05) is 39.8 Å². The van der Waals surface area contributed by atoms with E-state index in [-0.39, 0.29) is 6.61 Å². The number of hydrogen-bond donors (Lipinski definition) is 2. The lowest BCUT2D eigenvalue weighted by molar-refractivity contribution is 0.222. The summed E-state index contributed by atoms with van der Waals surface area (Å²) in [6.07, 6.45) is 0. The van der Waals surface area contributed by atoms with Crippen LogP contribution in [-0.4, -0.2) is 49.8 Å². The van der Waals surface area contributed by atoms with E-state index in [9.17, 15) is 0 Å². The molecule has 0 aliphatic carbocycles. The molecule has 0 rings (SSSR count). The highest BCUT2D eigenvalue weighted by molar-refractivity contribution is 4.51. The van der Waals surface area contributed by atoms with Gasteiger partial charge in [0.05, 0.1) is 6.61 Å². The van der Waals surface area contributed by atoms with Gasteiger partial charge in [-0.25, -0.2) is 0 Å². The molecule has 0 unspecified atom stereocenters. The number of nitrogens with zero attached hydrogens (tertiary/aromatic N) is 1. The van der Waals surface area contributed by atoms with Crippen molar-refractivity contribution < 1.29 is 5.11 Å². The number of aliphatic hydroxyl groups excluding tert-OH is 1. The van der Waals surface area contributed by atoms with Crippen molar-refractivity contribution in [3.05, 3.63) is 0 Å². The molecule has 62 valence electrons. The molecule has 10 heavy (non-hydrogen) atoms. The minimum absolute atomic E-state index is 0.253. The molecule has 0 aliphatic rings. The molecule has 0 fully saturated rings. The lowest BCUT2D eigenvalue weighted by Gasteiger charge is -2.14. The van der Waals surface area contributed by atoms with Gasteiger partial charge in [0, 0.05) is 19.6 Å². The van der Waals surface area contributed by atoms with Gasteiger partial charge in [-0.1, -0.05) is 6.92 Å². The monoisotopic (exact) mass is 146 g/mol. The standard InChI is InChI=1S/C7H18N2O/c1-3-8-4-5-9(2)6-7-10/h8,10H,3-7H2,1-2H3. The van der Waals surface area contributed by atoms with Crippen LogP contribution in [0.25, 0.3) is 0 Å². The summed E-state index contributed by atoms with van der Waals surface area (Å²) in [5.74, 6) is 0. The number of rotatable bonds is 6. The Kier molecular flexibility index (Phi) is 6.91. The summed E-state index contributed by atoms with van der Waals surface area (Å²) in [7, 11) is 2.01. The third kappa shape index (κ3) is 6.01. The summed E-state index contributed by atoms with van der Waals surface area (Å²) < 4.78 is 0. The molecule has 3 heteroatoms. The first kappa shape index (κ1) is 9.88. The van der Waals surface area contributed by atoms with Crippen LogP contribution in [-0.2, 0) is 0 Å². The maximum Gasteiger partial charge on any atom is 0.0558 e. The SMILES string of the molecule is CCNCCN(C)CCO. The van der Waals surface area contributed by atoms with E-state index < -0.39 is 0 Å². The van der Waals surface area contributed by atoms with Gasteiger partial charge in [0.25, 0.3) is 0 Å². The third-order valence-electron chi connectivity index (χ3n) is 1.40. The Balaban J connectivity index is 2.97.